The highest BCUT2D eigenvalue weighted by atomic mass is 16.6. The van der Waals surface area contributed by atoms with Crippen molar-refractivity contribution in [1.82, 2.24) is 0 Å². The van der Waals surface area contributed by atoms with Crippen LogP contribution >= 0.6 is 0 Å². The minimum atomic E-state index is -0.769. The fourth-order valence-electron chi connectivity index (χ4n) is 6.39. The quantitative estimate of drug-likeness (QED) is 0.0267. The first-order valence-corrected chi connectivity index (χ1v) is 23.0. The molecule has 0 aromatic rings. The molecule has 1 atom stereocenters. The van der Waals surface area contributed by atoms with Crippen molar-refractivity contribution in [1.29, 1.82) is 0 Å². The van der Waals surface area contributed by atoms with E-state index in [9.17, 15) is 14.4 Å². The van der Waals surface area contributed by atoms with Gasteiger partial charge in [-0.1, -0.05) is 192 Å². The first kappa shape index (κ1) is 51.6. The van der Waals surface area contributed by atoms with E-state index in [0.29, 0.717) is 19.3 Å². The summed E-state index contributed by atoms with van der Waals surface area (Å²) in [4.78, 5) is 37.6. The smallest absolute Gasteiger partial charge is 0.306 e. The zero-order valence-corrected chi connectivity index (χ0v) is 35.7. The highest BCUT2D eigenvalue weighted by Gasteiger charge is 2.19. The molecule has 0 amide bonds. The number of ether oxygens (including phenoxy) is 3. The summed E-state index contributed by atoms with van der Waals surface area (Å²) in [5.74, 6) is -0.892. The van der Waals surface area contributed by atoms with Gasteiger partial charge in [0.1, 0.15) is 13.2 Å². The molecular weight excluding hydrogens is 673 g/mol. The van der Waals surface area contributed by atoms with Crippen molar-refractivity contribution >= 4 is 17.9 Å². The lowest BCUT2D eigenvalue weighted by Crippen LogP contribution is -2.30. The van der Waals surface area contributed by atoms with Crippen LogP contribution in [0.15, 0.2) is 36.5 Å². The SMILES string of the molecule is CCCCC/C=C\C/C=C\C/C=C\CCCCCCCCC(=O)OCC(COC(=O)CCCCCCCCCC)OC(=O)CCCCCCCCCCC. The Labute approximate surface area is 334 Å². The third-order valence-electron chi connectivity index (χ3n) is 9.90. The molecule has 0 spiro atoms. The Morgan fingerprint density at radius 1 is 0.370 bits per heavy atom. The lowest BCUT2D eigenvalue weighted by molar-refractivity contribution is -0.167. The summed E-state index contributed by atoms with van der Waals surface area (Å²) in [5, 5.41) is 0. The number of hydrogen-bond donors (Lipinski definition) is 0. The maximum atomic E-state index is 12.6. The fraction of sp³-hybridized carbons (Fsp3) is 0.812. The summed E-state index contributed by atoms with van der Waals surface area (Å²) in [6, 6.07) is 0. The van der Waals surface area contributed by atoms with Crippen LogP contribution in [0, 0.1) is 0 Å². The van der Waals surface area contributed by atoms with Gasteiger partial charge in [-0.25, -0.2) is 0 Å². The molecule has 0 N–H and O–H groups in total. The Balaban J connectivity index is 4.26. The zero-order chi connectivity index (χ0) is 39.4. The van der Waals surface area contributed by atoms with Gasteiger partial charge in [-0.05, 0) is 57.8 Å². The van der Waals surface area contributed by atoms with E-state index in [1.54, 1.807) is 0 Å². The molecule has 54 heavy (non-hydrogen) atoms. The summed E-state index contributed by atoms with van der Waals surface area (Å²) in [7, 11) is 0. The number of carbonyl (C=O) groups excluding carboxylic acids is 3. The van der Waals surface area contributed by atoms with Crippen molar-refractivity contribution < 1.29 is 28.6 Å². The van der Waals surface area contributed by atoms with E-state index in [1.165, 1.54) is 116 Å². The normalized spacial score (nSPS) is 12.3. The van der Waals surface area contributed by atoms with E-state index in [1.807, 2.05) is 0 Å². The van der Waals surface area contributed by atoms with Crippen LogP contribution in [-0.4, -0.2) is 37.2 Å². The number of rotatable bonds is 41. The molecule has 6 heteroatoms. The number of unbranched alkanes of at least 4 members (excludes halogenated alkanes) is 24. The average Bonchev–Trinajstić information content (AvgIpc) is 3.17. The molecule has 0 aromatic heterocycles. The largest absolute Gasteiger partial charge is 0.462 e. The van der Waals surface area contributed by atoms with Crippen molar-refractivity contribution in [2.75, 3.05) is 13.2 Å². The predicted molar refractivity (Wildman–Crippen MR) is 229 cm³/mol. The highest BCUT2D eigenvalue weighted by molar-refractivity contribution is 5.71. The number of allylic oxidation sites excluding steroid dienone is 6. The van der Waals surface area contributed by atoms with Gasteiger partial charge in [0.25, 0.3) is 0 Å². The summed E-state index contributed by atoms with van der Waals surface area (Å²) in [6.45, 7) is 6.54. The van der Waals surface area contributed by atoms with Crippen LogP contribution in [0.25, 0.3) is 0 Å². The third kappa shape index (κ3) is 40.8. The van der Waals surface area contributed by atoms with Crippen molar-refractivity contribution in [2.45, 2.75) is 239 Å². The average molecular weight is 759 g/mol. The maximum Gasteiger partial charge on any atom is 0.306 e. The van der Waals surface area contributed by atoms with Crippen molar-refractivity contribution in [3.05, 3.63) is 36.5 Å². The predicted octanol–water partition coefficient (Wildman–Crippen LogP) is 14.6. The fourth-order valence-corrected chi connectivity index (χ4v) is 6.39. The molecule has 0 rings (SSSR count). The summed E-state index contributed by atoms with van der Waals surface area (Å²) in [5.41, 5.74) is 0. The lowest BCUT2D eigenvalue weighted by atomic mass is 10.1. The molecule has 314 valence electrons. The third-order valence-corrected chi connectivity index (χ3v) is 9.90. The summed E-state index contributed by atoms with van der Waals surface area (Å²) < 4.78 is 16.6. The van der Waals surface area contributed by atoms with Gasteiger partial charge in [-0.3, -0.25) is 14.4 Å². The molecular formula is C48H86O6. The molecule has 0 radical (unpaired) electrons. The van der Waals surface area contributed by atoms with E-state index < -0.39 is 6.10 Å². The van der Waals surface area contributed by atoms with Gasteiger partial charge in [-0.15, -0.1) is 0 Å². The van der Waals surface area contributed by atoms with Crippen LogP contribution in [0.5, 0.6) is 0 Å². The minimum Gasteiger partial charge on any atom is -0.462 e. The van der Waals surface area contributed by atoms with E-state index >= 15 is 0 Å². The molecule has 0 saturated carbocycles. The Kier molecular flexibility index (Phi) is 41.5. The van der Waals surface area contributed by atoms with E-state index in [0.717, 1.165) is 77.0 Å². The van der Waals surface area contributed by atoms with Crippen molar-refractivity contribution in [3.8, 4) is 0 Å². The van der Waals surface area contributed by atoms with Gasteiger partial charge >= 0.3 is 17.9 Å². The summed E-state index contributed by atoms with van der Waals surface area (Å²) in [6.07, 6.45) is 48.5. The van der Waals surface area contributed by atoms with E-state index in [-0.39, 0.29) is 31.1 Å². The second-order valence-electron chi connectivity index (χ2n) is 15.3. The molecule has 0 bridgehead atoms. The Morgan fingerprint density at radius 2 is 0.667 bits per heavy atom. The monoisotopic (exact) mass is 759 g/mol. The number of carbonyl (C=O) groups is 3. The molecule has 1 unspecified atom stereocenters. The molecule has 0 heterocycles. The van der Waals surface area contributed by atoms with Gasteiger partial charge in [-0.2, -0.15) is 0 Å². The second-order valence-corrected chi connectivity index (χ2v) is 15.3. The molecule has 6 nitrogen and oxygen atoms in total. The van der Waals surface area contributed by atoms with E-state index in [2.05, 4.69) is 57.2 Å². The topological polar surface area (TPSA) is 78.9 Å². The van der Waals surface area contributed by atoms with Gasteiger partial charge in [0, 0.05) is 19.3 Å². The number of hydrogen-bond acceptors (Lipinski definition) is 6. The van der Waals surface area contributed by atoms with Gasteiger partial charge in [0.05, 0.1) is 0 Å². The van der Waals surface area contributed by atoms with E-state index in [4.69, 9.17) is 14.2 Å². The minimum absolute atomic E-state index is 0.0740. The molecule has 0 aliphatic rings. The van der Waals surface area contributed by atoms with Gasteiger partial charge in [0.15, 0.2) is 6.10 Å². The van der Waals surface area contributed by atoms with Crippen LogP contribution in [0.4, 0.5) is 0 Å². The lowest BCUT2D eigenvalue weighted by Gasteiger charge is -2.18. The van der Waals surface area contributed by atoms with Crippen LogP contribution < -0.4 is 0 Å². The zero-order valence-electron chi connectivity index (χ0n) is 35.7. The van der Waals surface area contributed by atoms with Gasteiger partial charge < -0.3 is 14.2 Å². The molecule has 0 aromatic carbocycles. The van der Waals surface area contributed by atoms with Gasteiger partial charge in [0.2, 0.25) is 0 Å². The Hall–Kier alpha value is -2.37. The molecule has 0 aliphatic heterocycles. The first-order chi connectivity index (χ1) is 26.5. The van der Waals surface area contributed by atoms with Crippen molar-refractivity contribution in [3.63, 3.8) is 0 Å². The molecule has 0 aliphatic carbocycles. The van der Waals surface area contributed by atoms with Crippen LogP contribution in [-0.2, 0) is 28.6 Å². The first-order valence-electron chi connectivity index (χ1n) is 23.0. The molecule has 0 saturated heterocycles. The van der Waals surface area contributed by atoms with Crippen LogP contribution in [0.1, 0.15) is 233 Å². The summed E-state index contributed by atoms with van der Waals surface area (Å²) >= 11 is 0. The standard InChI is InChI=1S/C48H86O6/c1-4-7-10-13-16-19-20-21-22-23-24-25-26-27-28-30-32-35-38-41-47(50)53-44-45(43-52-46(49)40-37-34-31-18-15-12-9-6-3)54-48(51)42-39-36-33-29-17-14-11-8-5-2/h16,19,21-22,24-25,45H,4-15,17-18,20,23,26-44H2,1-3H3/b19-16-,22-21-,25-24-. The second kappa shape index (κ2) is 43.4. The number of esters is 3. The maximum absolute atomic E-state index is 12.6. The molecule has 0 fully saturated rings. The van der Waals surface area contributed by atoms with Crippen LogP contribution in [0.3, 0.4) is 0 Å². The Morgan fingerprint density at radius 3 is 1.07 bits per heavy atom. The highest BCUT2D eigenvalue weighted by Crippen LogP contribution is 2.14. The van der Waals surface area contributed by atoms with Crippen LogP contribution in [0.2, 0.25) is 0 Å². The van der Waals surface area contributed by atoms with Crippen molar-refractivity contribution in [2.24, 2.45) is 0 Å². The Bertz CT molecular complexity index is 922.